The number of hydrogen-bond acceptors (Lipinski definition) is 6. The molecule has 152 valence electrons. The molecule has 0 saturated carbocycles. The van der Waals surface area contributed by atoms with Gasteiger partial charge in [-0.05, 0) is 76.7 Å². The van der Waals surface area contributed by atoms with Crippen LogP contribution in [0.3, 0.4) is 0 Å². The molecule has 0 aliphatic carbocycles. The highest BCUT2D eigenvalue weighted by Crippen LogP contribution is 2.31. The van der Waals surface area contributed by atoms with Crippen molar-refractivity contribution in [3.8, 4) is 10.6 Å². The molecule has 1 N–H and O–H groups in total. The lowest BCUT2D eigenvalue weighted by molar-refractivity contribution is -0.390. The average molecular weight is 486 g/mol. The van der Waals surface area contributed by atoms with Crippen molar-refractivity contribution < 1.29 is 9.72 Å². The fraction of sp³-hybridized carbons (Fsp3) is 0.150. The first kappa shape index (κ1) is 20.2. The van der Waals surface area contributed by atoms with E-state index in [1.54, 1.807) is 30.4 Å². The number of thiazole rings is 1. The number of hydrogen-bond donors (Lipinski definition) is 1. The third-order valence-corrected chi connectivity index (χ3v) is 6.54. The number of nitrogens with one attached hydrogen (secondary N) is 1. The molecule has 0 aliphatic heterocycles. The van der Waals surface area contributed by atoms with Crippen LogP contribution in [0, 0.1) is 24.0 Å². The number of carbonyl (C=O) groups excluding carboxylic acids is 1. The molecule has 2 heterocycles. The maximum atomic E-state index is 12.4. The maximum absolute atomic E-state index is 12.4. The Morgan fingerprint density at radius 1 is 1.23 bits per heavy atom. The van der Waals surface area contributed by atoms with E-state index in [0.29, 0.717) is 11.4 Å². The normalized spacial score (nSPS) is 11.0. The highest BCUT2D eigenvalue weighted by atomic mass is 79.9. The summed E-state index contributed by atoms with van der Waals surface area (Å²) in [5.41, 5.74) is 4.26. The van der Waals surface area contributed by atoms with Crippen LogP contribution in [0.15, 0.2) is 46.9 Å². The lowest BCUT2D eigenvalue weighted by Crippen LogP contribution is -2.20. The summed E-state index contributed by atoms with van der Waals surface area (Å²) in [4.78, 5) is 27.4. The van der Waals surface area contributed by atoms with Gasteiger partial charge in [0.05, 0.1) is 21.0 Å². The zero-order valence-electron chi connectivity index (χ0n) is 16.0. The van der Waals surface area contributed by atoms with Gasteiger partial charge in [0, 0.05) is 11.3 Å². The van der Waals surface area contributed by atoms with E-state index in [1.165, 1.54) is 10.2 Å². The van der Waals surface area contributed by atoms with Crippen molar-refractivity contribution in [1.29, 1.82) is 0 Å². The molecule has 0 spiro atoms. The van der Waals surface area contributed by atoms with Crippen LogP contribution in [0.25, 0.3) is 20.8 Å². The second-order valence-electron chi connectivity index (χ2n) is 6.75. The molecule has 0 unspecified atom stereocenters. The number of anilines is 1. The summed E-state index contributed by atoms with van der Waals surface area (Å²) in [5.74, 6) is -0.637. The van der Waals surface area contributed by atoms with Crippen LogP contribution in [0.1, 0.15) is 11.3 Å². The van der Waals surface area contributed by atoms with Crippen molar-refractivity contribution in [2.75, 3.05) is 5.32 Å². The molecule has 0 bridgehead atoms. The third-order valence-electron chi connectivity index (χ3n) is 4.54. The van der Waals surface area contributed by atoms with Gasteiger partial charge in [-0.1, -0.05) is 6.07 Å². The van der Waals surface area contributed by atoms with E-state index in [4.69, 9.17) is 0 Å². The quantitative estimate of drug-likeness (QED) is 0.313. The molecule has 2 aromatic carbocycles. The average Bonchev–Trinajstić information content (AvgIpc) is 3.24. The summed E-state index contributed by atoms with van der Waals surface area (Å²) in [6.07, 6.45) is 0. The second-order valence-corrected chi connectivity index (χ2v) is 8.58. The van der Waals surface area contributed by atoms with Gasteiger partial charge in [-0.25, -0.2) is 4.98 Å². The van der Waals surface area contributed by atoms with Crippen LogP contribution in [0.2, 0.25) is 0 Å². The van der Waals surface area contributed by atoms with Gasteiger partial charge in [0.1, 0.15) is 16.0 Å². The Balaban J connectivity index is 1.47. The van der Waals surface area contributed by atoms with Crippen molar-refractivity contribution in [2.45, 2.75) is 20.4 Å². The number of benzene rings is 2. The minimum Gasteiger partial charge on any atom is -0.358 e. The lowest BCUT2D eigenvalue weighted by atomic mass is 10.2. The molecule has 2 aromatic heterocycles. The van der Waals surface area contributed by atoms with Gasteiger partial charge >= 0.3 is 5.82 Å². The SMILES string of the molecule is Cc1ccc2nc(-c3ccc(NC(=O)Cn4nc([N+](=O)[O-])c(Br)c4C)cc3)sc2c1. The molecular formula is C20H16BrN5O3S. The second kappa shape index (κ2) is 7.96. The highest BCUT2D eigenvalue weighted by Gasteiger charge is 2.24. The lowest BCUT2D eigenvalue weighted by Gasteiger charge is -2.05. The molecule has 0 fully saturated rings. The van der Waals surface area contributed by atoms with Gasteiger partial charge in [0.2, 0.25) is 5.91 Å². The van der Waals surface area contributed by atoms with Crippen LogP contribution in [-0.2, 0) is 11.3 Å². The van der Waals surface area contributed by atoms with Crippen molar-refractivity contribution in [1.82, 2.24) is 14.8 Å². The van der Waals surface area contributed by atoms with Crippen LogP contribution in [0.4, 0.5) is 11.5 Å². The zero-order valence-corrected chi connectivity index (χ0v) is 18.5. The van der Waals surface area contributed by atoms with Crippen molar-refractivity contribution in [3.63, 3.8) is 0 Å². The standard InChI is InChI=1S/C20H16BrN5O3S/c1-11-3-8-15-16(9-11)30-20(23-15)13-4-6-14(7-5-13)22-17(27)10-25-12(2)18(21)19(24-25)26(28)29/h3-9H,10H2,1-2H3,(H,22,27). The first-order valence-electron chi connectivity index (χ1n) is 8.96. The van der Waals surface area contributed by atoms with E-state index in [1.807, 2.05) is 24.3 Å². The number of aromatic nitrogens is 3. The van der Waals surface area contributed by atoms with E-state index in [2.05, 4.69) is 44.3 Å². The Morgan fingerprint density at radius 2 is 1.97 bits per heavy atom. The number of nitrogens with zero attached hydrogens (tertiary/aromatic N) is 4. The van der Waals surface area contributed by atoms with E-state index >= 15 is 0 Å². The first-order valence-corrected chi connectivity index (χ1v) is 10.6. The van der Waals surface area contributed by atoms with Crippen molar-refractivity contribution >= 4 is 54.9 Å². The molecule has 8 nitrogen and oxygen atoms in total. The molecule has 30 heavy (non-hydrogen) atoms. The van der Waals surface area contributed by atoms with E-state index in [9.17, 15) is 14.9 Å². The van der Waals surface area contributed by atoms with Gasteiger partial charge in [0.25, 0.3) is 0 Å². The topological polar surface area (TPSA) is 103 Å². The molecule has 10 heteroatoms. The summed E-state index contributed by atoms with van der Waals surface area (Å²) in [5, 5.41) is 18.6. The molecular weight excluding hydrogens is 470 g/mol. The molecule has 1 amide bonds. The summed E-state index contributed by atoms with van der Waals surface area (Å²) >= 11 is 4.77. The highest BCUT2D eigenvalue weighted by molar-refractivity contribution is 9.10. The Hall–Kier alpha value is -3.11. The molecule has 0 saturated heterocycles. The maximum Gasteiger partial charge on any atom is 0.404 e. The number of nitro groups is 1. The molecule has 0 aliphatic rings. The third kappa shape index (κ3) is 3.96. The number of aryl methyl sites for hydroxylation is 1. The van der Waals surface area contributed by atoms with E-state index < -0.39 is 4.92 Å². The first-order chi connectivity index (χ1) is 14.3. The molecule has 0 radical (unpaired) electrons. The van der Waals surface area contributed by atoms with E-state index in [-0.39, 0.29) is 22.7 Å². The number of fused-ring (bicyclic) bond motifs is 1. The van der Waals surface area contributed by atoms with Crippen LogP contribution < -0.4 is 5.32 Å². The van der Waals surface area contributed by atoms with Gasteiger partial charge in [-0.15, -0.1) is 11.3 Å². The number of halogens is 1. The zero-order chi connectivity index (χ0) is 21.4. The Labute approximate surface area is 183 Å². The van der Waals surface area contributed by atoms with Crippen LogP contribution in [0.5, 0.6) is 0 Å². The fourth-order valence-corrected chi connectivity index (χ4v) is 4.47. The Kier molecular flexibility index (Phi) is 5.35. The van der Waals surface area contributed by atoms with Gasteiger partial charge in [-0.2, -0.15) is 4.68 Å². The summed E-state index contributed by atoms with van der Waals surface area (Å²) in [7, 11) is 0. The van der Waals surface area contributed by atoms with Gasteiger partial charge < -0.3 is 15.4 Å². The van der Waals surface area contributed by atoms with Gasteiger partial charge in [0.15, 0.2) is 0 Å². The van der Waals surface area contributed by atoms with Crippen LogP contribution in [-0.4, -0.2) is 25.6 Å². The van der Waals surface area contributed by atoms with Crippen molar-refractivity contribution in [3.05, 3.63) is 68.3 Å². The summed E-state index contributed by atoms with van der Waals surface area (Å²) in [6.45, 7) is 3.58. The monoisotopic (exact) mass is 485 g/mol. The smallest absolute Gasteiger partial charge is 0.358 e. The summed E-state index contributed by atoms with van der Waals surface area (Å²) < 4.78 is 2.71. The van der Waals surface area contributed by atoms with Crippen LogP contribution >= 0.6 is 27.3 Å². The van der Waals surface area contributed by atoms with Crippen molar-refractivity contribution in [2.24, 2.45) is 0 Å². The minimum absolute atomic E-state index is 0.128. The number of rotatable bonds is 5. The fourth-order valence-electron chi connectivity index (χ4n) is 2.97. The molecule has 0 atom stereocenters. The molecule has 4 rings (SSSR count). The number of amides is 1. The Morgan fingerprint density at radius 3 is 2.63 bits per heavy atom. The predicted molar refractivity (Wildman–Crippen MR) is 120 cm³/mol. The largest absolute Gasteiger partial charge is 0.404 e. The predicted octanol–water partition coefficient (Wildman–Crippen LogP) is 5.09. The van der Waals surface area contributed by atoms with Gasteiger partial charge in [-0.3, -0.25) is 4.79 Å². The molecule has 4 aromatic rings. The summed E-state index contributed by atoms with van der Waals surface area (Å²) in [6, 6.07) is 13.6. The number of carbonyl (C=O) groups is 1. The minimum atomic E-state index is -0.590. The Bertz CT molecular complexity index is 1280. The van der Waals surface area contributed by atoms with E-state index in [0.717, 1.165) is 20.8 Å².